The highest BCUT2D eigenvalue weighted by molar-refractivity contribution is 5.85. The van der Waals surface area contributed by atoms with Crippen molar-refractivity contribution in [2.24, 2.45) is 5.84 Å². The number of rotatable bonds is 4. The largest absolute Gasteiger partial charge is 0.358 e. The van der Waals surface area contributed by atoms with Crippen LogP contribution in [0.1, 0.15) is 25.6 Å². The van der Waals surface area contributed by atoms with E-state index in [1.807, 2.05) is 6.92 Å². The minimum Gasteiger partial charge on any atom is -0.358 e. The maximum atomic E-state index is 11.7. The van der Waals surface area contributed by atoms with Gasteiger partial charge in [-0.1, -0.05) is 6.92 Å². The van der Waals surface area contributed by atoms with Crippen molar-refractivity contribution in [1.29, 1.82) is 0 Å². The quantitative estimate of drug-likeness (QED) is 0.443. The predicted octanol–water partition coefficient (Wildman–Crippen LogP) is 0.0151. The van der Waals surface area contributed by atoms with Crippen LogP contribution in [-0.2, 0) is 11.2 Å². The molecule has 0 bridgehead atoms. The number of nitrogen functional groups attached to an aromatic ring is 1. The van der Waals surface area contributed by atoms with Gasteiger partial charge in [-0.05, 0) is 12.8 Å². The lowest BCUT2D eigenvalue weighted by molar-refractivity contribution is -0.123. The van der Waals surface area contributed by atoms with Crippen LogP contribution in [0.25, 0.3) is 0 Å². The molecular weight excluding hydrogens is 232 g/mol. The van der Waals surface area contributed by atoms with Crippen molar-refractivity contribution in [3.63, 3.8) is 0 Å². The Kier molecular flexibility index (Phi) is 3.93. The van der Waals surface area contributed by atoms with Gasteiger partial charge in [0, 0.05) is 19.0 Å². The summed E-state index contributed by atoms with van der Waals surface area (Å²) >= 11 is 0. The van der Waals surface area contributed by atoms with E-state index in [0.717, 1.165) is 19.4 Å². The number of amides is 1. The number of aryl methyl sites for hydroxylation is 1. The van der Waals surface area contributed by atoms with Crippen molar-refractivity contribution in [2.45, 2.75) is 32.2 Å². The van der Waals surface area contributed by atoms with Gasteiger partial charge < -0.3 is 16.1 Å². The summed E-state index contributed by atoms with van der Waals surface area (Å²) in [4.78, 5) is 20.2. The average Bonchev–Trinajstić information content (AvgIpc) is 2.41. The van der Waals surface area contributed by atoms with E-state index in [9.17, 15) is 4.79 Å². The second-order valence-electron chi connectivity index (χ2n) is 4.18. The van der Waals surface area contributed by atoms with Gasteiger partial charge in [0.1, 0.15) is 23.5 Å². The summed E-state index contributed by atoms with van der Waals surface area (Å²) in [6.45, 7) is 2.71. The number of anilines is 2. The van der Waals surface area contributed by atoms with Crippen molar-refractivity contribution in [3.8, 4) is 0 Å². The number of nitrogens with zero attached hydrogens (tertiary/aromatic N) is 2. The minimum absolute atomic E-state index is 0.0140. The Balaban J connectivity index is 2.14. The molecule has 1 aromatic rings. The fourth-order valence-electron chi connectivity index (χ4n) is 1.89. The summed E-state index contributed by atoms with van der Waals surface area (Å²) in [7, 11) is 0. The van der Waals surface area contributed by atoms with Crippen LogP contribution in [0.3, 0.4) is 0 Å². The lowest BCUT2D eigenvalue weighted by Gasteiger charge is -2.23. The Labute approximate surface area is 106 Å². The number of piperidine rings is 1. The first-order chi connectivity index (χ1) is 8.72. The van der Waals surface area contributed by atoms with Crippen LogP contribution in [0.15, 0.2) is 6.07 Å². The van der Waals surface area contributed by atoms with Gasteiger partial charge in [0.05, 0.1) is 0 Å². The van der Waals surface area contributed by atoms with Gasteiger partial charge in [-0.15, -0.1) is 0 Å². The van der Waals surface area contributed by atoms with Crippen LogP contribution in [0.4, 0.5) is 11.6 Å². The van der Waals surface area contributed by atoms with Gasteiger partial charge in [-0.25, -0.2) is 15.8 Å². The van der Waals surface area contributed by atoms with E-state index >= 15 is 0 Å². The molecule has 98 valence electrons. The van der Waals surface area contributed by atoms with Crippen molar-refractivity contribution in [3.05, 3.63) is 11.9 Å². The number of nitrogens with one attached hydrogen (secondary N) is 3. The summed E-state index contributed by atoms with van der Waals surface area (Å²) in [6, 6.07) is 1.46. The molecule has 1 atom stereocenters. The number of carbonyl (C=O) groups is 1. The zero-order valence-corrected chi connectivity index (χ0v) is 10.4. The number of carbonyl (C=O) groups excluding carboxylic acids is 1. The molecule has 1 fully saturated rings. The molecule has 7 nitrogen and oxygen atoms in total. The maximum absolute atomic E-state index is 11.7. The average molecular weight is 250 g/mol. The molecule has 1 saturated heterocycles. The topological polar surface area (TPSA) is 105 Å². The highest BCUT2D eigenvalue weighted by Crippen LogP contribution is 2.14. The molecule has 1 aromatic heterocycles. The summed E-state index contributed by atoms with van der Waals surface area (Å²) in [6.07, 6.45) is 2.49. The van der Waals surface area contributed by atoms with E-state index in [0.29, 0.717) is 23.9 Å². The third-order valence-corrected chi connectivity index (χ3v) is 2.84. The number of hydrogen-bond donors (Lipinski definition) is 4. The fraction of sp³-hybridized carbons (Fsp3) is 0.545. The van der Waals surface area contributed by atoms with E-state index in [1.165, 1.54) is 0 Å². The Hall–Kier alpha value is -1.89. The maximum Gasteiger partial charge on any atom is 0.242 e. The molecule has 0 aliphatic carbocycles. The Morgan fingerprint density at radius 3 is 2.94 bits per heavy atom. The summed E-state index contributed by atoms with van der Waals surface area (Å²) in [5.41, 5.74) is 2.50. The molecule has 1 amide bonds. The smallest absolute Gasteiger partial charge is 0.242 e. The number of nitrogens with two attached hydrogens (primary N) is 1. The molecule has 7 heteroatoms. The van der Waals surface area contributed by atoms with Gasteiger partial charge in [0.2, 0.25) is 5.91 Å². The van der Waals surface area contributed by atoms with Crippen molar-refractivity contribution < 1.29 is 4.79 Å². The normalized spacial score (nSPS) is 19.2. The van der Waals surface area contributed by atoms with E-state index in [1.54, 1.807) is 6.07 Å². The third-order valence-electron chi connectivity index (χ3n) is 2.84. The third kappa shape index (κ3) is 2.86. The van der Waals surface area contributed by atoms with Crippen LogP contribution < -0.4 is 21.9 Å². The fourth-order valence-corrected chi connectivity index (χ4v) is 1.89. The predicted molar refractivity (Wildman–Crippen MR) is 68.9 cm³/mol. The second kappa shape index (κ2) is 5.63. The lowest BCUT2D eigenvalue weighted by Crippen LogP contribution is -2.44. The molecule has 0 radical (unpaired) electrons. The first-order valence-corrected chi connectivity index (χ1v) is 6.11. The molecule has 5 N–H and O–H groups in total. The Bertz CT molecular complexity index is 413. The molecule has 1 aliphatic rings. The second-order valence-corrected chi connectivity index (χ2v) is 4.18. The first kappa shape index (κ1) is 12.6. The van der Waals surface area contributed by atoms with E-state index in [-0.39, 0.29) is 11.9 Å². The standard InChI is InChI=1S/C11H18N6O/c1-2-8-15-9(6-10(16-8)17-12)14-7-4-3-5-13-11(7)18/h6-7H,2-5,12H2,1H3,(H,13,18)(H2,14,15,16,17). The van der Waals surface area contributed by atoms with E-state index in [2.05, 4.69) is 26.0 Å². The minimum atomic E-state index is -0.232. The molecule has 0 aromatic carbocycles. The molecule has 0 spiro atoms. The van der Waals surface area contributed by atoms with E-state index in [4.69, 9.17) is 5.84 Å². The van der Waals surface area contributed by atoms with Crippen LogP contribution in [0.2, 0.25) is 0 Å². The zero-order chi connectivity index (χ0) is 13.0. The van der Waals surface area contributed by atoms with Crippen LogP contribution in [0, 0.1) is 0 Å². The first-order valence-electron chi connectivity index (χ1n) is 6.11. The monoisotopic (exact) mass is 250 g/mol. The van der Waals surface area contributed by atoms with Gasteiger partial charge in [0.25, 0.3) is 0 Å². The Morgan fingerprint density at radius 1 is 1.50 bits per heavy atom. The lowest BCUT2D eigenvalue weighted by atomic mass is 10.1. The van der Waals surface area contributed by atoms with Gasteiger partial charge in [-0.3, -0.25) is 4.79 Å². The molecule has 1 unspecified atom stereocenters. The number of aromatic nitrogens is 2. The number of hydrazine groups is 1. The van der Waals surface area contributed by atoms with Crippen LogP contribution in [-0.4, -0.2) is 28.5 Å². The summed E-state index contributed by atoms with van der Waals surface area (Å²) in [5, 5.41) is 5.95. The Morgan fingerprint density at radius 2 is 2.28 bits per heavy atom. The van der Waals surface area contributed by atoms with Crippen LogP contribution in [0.5, 0.6) is 0 Å². The molecular formula is C11H18N6O. The van der Waals surface area contributed by atoms with Gasteiger partial charge >= 0.3 is 0 Å². The molecule has 2 heterocycles. The highest BCUT2D eigenvalue weighted by Gasteiger charge is 2.22. The van der Waals surface area contributed by atoms with Crippen molar-refractivity contribution in [1.82, 2.24) is 15.3 Å². The van der Waals surface area contributed by atoms with E-state index < -0.39 is 0 Å². The van der Waals surface area contributed by atoms with Crippen LogP contribution >= 0.6 is 0 Å². The highest BCUT2D eigenvalue weighted by atomic mass is 16.2. The summed E-state index contributed by atoms with van der Waals surface area (Å²) in [5.74, 6) is 7.22. The SMILES string of the molecule is CCc1nc(NN)cc(NC2CCCNC2=O)n1. The molecule has 18 heavy (non-hydrogen) atoms. The molecule has 2 rings (SSSR count). The van der Waals surface area contributed by atoms with Crippen molar-refractivity contribution >= 4 is 17.5 Å². The summed E-state index contributed by atoms with van der Waals surface area (Å²) < 4.78 is 0. The number of hydrogen-bond acceptors (Lipinski definition) is 6. The molecule has 1 aliphatic heterocycles. The van der Waals surface area contributed by atoms with Crippen molar-refractivity contribution in [2.75, 3.05) is 17.3 Å². The zero-order valence-electron chi connectivity index (χ0n) is 10.4. The van der Waals surface area contributed by atoms with Gasteiger partial charge in [0.15, 0.2) is 0 Å². The molecule has 0 saturated carbocycles. The van der Waals surface area contributed by atoms with Gasteiger partial charge in [-0.2, -0.15) is 0 Å².